The van der Waals surface area contributed by atoms with E-state index in [0.29, 0.717) is 33.0 Å². The molecule has 0 aliphatic rings. The van der Waals surface area contributed by atoms with E-state index >= 15 is 0 Å². The van der Waals surface area contributed by atoms with Gasteiger partial charge in [-0.05, 0) is 152 Å². The lowest BCUT2D eigenvalue weighted by atomic mass is 10.0. The van der Waals surface area contributed by atoms with Crippen molar-refractivity contribution in [2.75, 3.05) is 39.6 Å². The maximum atomic E-state index is 6.96. The molecule has 6 heterocycles. The van der Waals surface area contributed by atoms with Crippen molar-refractivity contribution in [1.82, 2.24) is 0 Å². The molecule has 6 nitrogen and oxygen atoms in total. The highest BCUT2D eigenvalue weighted by atomic mass is 32.1. The van der Waals surface area contributed by atoms with E-state index in [4.69, 9.17) is 28.4 Å². The summed E-state index contributed by atoms with van der Waals surface area (Å²) in [5, 5.41) is 4.46. The van der Waals surface area contributed by atoms with Crippen LogP contribution in [0.1, 0.15) is 273 Å². The van der Waals surface area contributed by atoms with Gasteiger partial charge >= 0.3 is 0 Å². The maximum absolute atomic E-state index is 6.96. The Kier molecular flexibility index (Phi) is 37.4. The first-order chi connectivity index (χ1) is 50.4. The Balaban J connectivity index is 1.09. The van der Waals surface area contributed by atoms with Crippen LogP contribution in [0.4, 0.5) is 0 Å². The average molecular weight is 1490 g/mol. The van der Waals surface area contributed by atoms with Gasteiger partial charge in [0.15, 0.2) is 0 Å². The van der Waals surface area contributed by atoms with Crippen molar-refractivity contribution in [3.05, 3.63) is 120 Å². The molecule has 0 fully saturated rings. The zero-order valence-electron chi connectivity index (χ0n) is 63.1. The van der Waals surface area contributed by atoms with Crippen molar-refractivity contribution in [3.63, 3.8) is 0 Å². The normalized spacial score (nSPS) is 11.5. The summed E-state index contributed by atoms with van der Waals surface area (Å²) in [7, 11) is 0. The number of hydrogen-bond acceptors (Lipinski definition) is 12. The zero-order valence-corrected chi connectivity index (χ0v) is 68.0. The lowest BCUT2D eigenvalue weighted by molar-refractivity contribution is 0.297. The van der Waals surface area contributed by atoms with E-state index in [1.165, 1.54) is 258 Å². The summed E-state index contributed by atoms with van der Waals surface area (Å²) in [5.41, 5.74) is 6.87. The molecule has 0 aliphatic heterocycles. The van der Waals surface area contributed by atoms with Gasteiger partial charge in [-0.15, -0.1) is 68.0 Å². The molecular formula is C90H122O6S6. The van der Waals surface area contributed by atoms with Gasteiger partial charge in [-0.25, -0.2) is 0 Å². The molecule has 0 saturated heterocycles. The van der Waals surface area contributed by atoms with Crippen LogP contribution in [0.5, 0.6) is 34.5 Å². The molecule has 9 aromatic rings. The van der Waals surface area contributed by atoms with Gasteiger partial charge in [-0.2, -0.15) is 0 Å². The molecule has 0 saturated carbocycles. The van der Waals surface area contributed by atoms with Crippen LogP contribution in [-0.2, 0) is 0 Å². The van der Waals surface area contributed by atoms with Crippen molar-refractivity contribution in [1.29, 1.82) is 0 Å². The van der Waals surface area contributed by atoms with Crippen molar-refractivity contribution in [3.8, 4) is 117 Å². The van der Waals surface area contributed by atoms with Gasteiger partial charge in [-0.3, -0.25) is 0 Å². The Morgan fingerprint density at radius 3 is 0.882 bits per heavy atom. The fourth-order valence-corrected chi connectivity index (χ4v) is 19.9. The Labute approximate surface area is 640 Å². The molecule has 6 aromatic heterocycles. The molecule has 0 amide bonds. The number of benzene rings is 3. The molecule has 12 heteroatoms. The highest BCUT2D eigenvalue weighted by molar-refractivity contribution is 7.30. The molecule has 9 rings (SSSR count). The van der Waals surface area contributed by atoms with Crippen molar-refractivity contribution in [2.24, 2.45) is 0 Å². The van der Waals surface area contributed by atoms with E-state index < -0.39 is 0 Å². The molecule has 0 unspecified atom stereocenters. The second-order valence-corrected chi connectivity index (χ2v) is 34.0. The molecule has 3 aromatic carbocycles. The lowest BCUT2D eigenvalue weighted by Gasteiger charge is -2.15. The SMILES string of the molecule is CCCCCCCCOc1ccc(OCCCCCCCC)c(-c2ccsc2-c2ccc(-c3cc(-c4cc(OCCCCCCCC)ccc4OCCCCCCCC)c(-c4ccc(-c5cc(-c6cc(OCCCCCCCC)ccc6OCCCCCCCC)c(-c6cccs6)s5)s4)s3)s2)c1. The molecule has 102 heavy (non-hydrogen) atoms. The van der Waals surface area contributed by atoms with Crippen LogP contribution < -0.4 is 28.4 Å². The Hall–Kier alpha value is -5.34. The molecule has 0 spiro atoms. The first kappa shape index (κ1) is 80.8. The van der Waals surface area contributed by atoms with Gasteiger partial charge in [0.25, 0.3) is 0 Å². The minimum atomic E-state index is 0.678. The molecular weight excluding hydrogens is 1370 g/mol. The van der Waals surface area contributed by atoms with E-state index in [1.54, 1.807) is 0 Å². The quantitative estimate of drug-likeness (QED) is 0.0354. The molecule has 0 radical (unpaired) electrons. The van der Waals surface area contributed by atoms with Crippen LogP contribution in [0, 0.1) is 0 Å². The van der Waals surface area contributed by atoms with Crippen LogP contribution in [0.2, 0.25) is 0 Å². The third-order valence-electron chi connectivity index (χ3n) is 19.3. The fourth-order valence-electron chi connectivity index (χ4n) is 13.3. The summed E-state index contributed by atoms with van der Waals surface area (Å²) in [6.45, 7) is 17.9. The van der Waals surface area contributed by atoms with Gasteiger partial charge in [0.1, 0.15) is 34.5 Å². The summed E-state index contributed by atoms with van der Waals surface area (Å²) < 4.78 is 40.4. The van der Waals surface area contributed by atoms with E-state index in [1.807, 2.05) is 68.0 Å². The average Bonchev–Trinajstić information content (AvgIpc) is 1.61. The van der Waals surface area contributed by atoms with Crippen molar-refractivity contribution in [2.45, 2.75) is 273 Å². The predicted molar refractivity (Wildman–Crippen MR) is 450 cm³/mol. The highest BCUT2D eigenvalue weighted by Crippen LogP contribution is 2.55. The number of ether oxygens (including phenoxy) is 6. The number of rotatable bonds is 56. The molecule has 0 atom stereocenters. The van der Waals surface area contributed by atoms with Gasteiger partial charge in [-0.1, -0.05) is 240 Å². The second kappa shape index (κ2) is 47.3. The van der Waals surface area contributed by atoms with Crippen LogP contribution in [-0.4, -0.2) is 39.6 Å². The Morgan fingerprint density at radius 1 is 0.216 bits per heavy atom. The van der Waals surface area contributed by atoms with Gasteiger partial charge in [0.2, 0.25) is 0 Å². The third-order valence-corrected chi connectivity index (χ3v) is 26.5. The highest BCUT2D eigenvalue weighted by Gasteiger charge is 2.25. The largest absolute Gasteiger partial charge is 0.494 e. The minimum absolute atomic E-state index is 0.678. The van der Waals surface area contributed by atoms with E-state index in [2.05, 4.69) is 161 Å². The summed E-state index contributed by atoms with van der Waals surface area (Å²) >= 11 is 11.2. The van der Waals surface area contributed by atoms with E-state index in [0.717, 1.165) is 96.3 Å². The molecule has 0 aliphatic carbocycles. The number of unbranched alkanes of at least 4 members (excludes halogenated alkanes) is 30. The number of hydrogen-bond donors (Lipinski definition) is 0. The monoisotopic (exact) mass is 1490 g/mol. The van der Waals surface area contributed by atoms with Gasteiger partial charge in [0.05, 0.1) is 54.3 Å². The maximum Gasteiger partial charge on any atom is 0.127 e. The van der Waals surface area contributed by atoms with Crippen LogP contribution in [0.3, 0.4) is 0 Å². The third kappa shape index (κ3) is 26.0. The summed E-state index contributed by atoms with van der Waals surface area (Å²) in [6.07, 6.45) is 44.1. The predicted octanol–water partition coefficient (Wildman–Crippen LogP) is 31.8. The van der Waals surface area contributed by atoms with Crippen LogP contribution in [0.25, 0.3) is 82.2 Å². The second-order valence-electron chi connectivity index (χ2n) is 27.8. The van der Waals surface area contributed by atoms with Crippen molar-refractivity contribution >= 4 is 68.0 Å². The molecule has 0 N–H and O–H groups in total. The first-order valence-corrected chi connectivity index (χ1v) is 45.3. The smallest absolute Gasteiger partial charge is 0.127 e. The van der Waals surface area contributed by atoms with Crippen molar-refractivity contribution < 1.29 is 28.4 Å². The van der Waals surface area contributed by atoms with E-state index in [9.17, 15) is 0 Å². The summed E-state index contributed by atoms with van der Waals surface area (Å²) in [6, 6.07) is 40.8. The van der Waals surface area contributed by atoms with E-state index in [-0.39, 0.29) is 0 Å². The fraction of sp³-hybridized carbons (Fsp3) is 0.533. The van der Waals surface area contributed by atoms with Gasteiger partial charge in [0, 0.05) is 67.5 Å². The molecule has 0 bridgehead atoms. The Morgan fingerprint density at radius 2 is 0.529 bits per heavy atom. The van der Waals surface area contributed by atoms with Gasteiger partial charge < -0.3 is 28.4 Å². The molecule has 554 valence electrons. The van der Waals surface area contributed by atoms with Crippen LogP contribution >= 0.6 is 68.0 Å². The Bertz CT molecular complexity index is 3710. The topological polar surface area (TPSA) is 55.4 Å². The lowest BCUT2D eigenvalue weighted by Crippen LogP contribution is -2.01. The first-order valence-electron chi connectivity index (χ1n) is 40.2. The summed E-state index contributed by atoms with van der Waals surface area (Å²) in [4.78, 5) is 12.5. The number of thiophene rings is 6. The summed E-state index contributed by atoms with van der Waals surface area (Å²) in [5.74, 6) is 5.48. The standard InChI is InChI=1S/C90H122O6S6/c1-7-13-19-25-31-37-56-91-69-45-48-78(94-59-40-34-28-22-16-10-4)73(64-69)72-55-63-98-88(72)84-53-51-81(99-84)87-68-77(75-66-71(93-58-39-33-27-21-15-9-3)47-50-80(75)96-61-42-36-30-24-18-12-6)90(102-87)85-54-52-82(100-85)86-67-76(89(101-86)83-44-43-62-97-83)74-65-70(92-57-38-32-26-20-14-8-2)46-49-79(74)95-60-41-35-29-23-17-11-5/h43-55,62-68H,7-42,56-61H2,1-6H3. The van der Waals surface area contributed by atoms with Crippen LogP contribution in [0.15, 0.2) is 120 Å². The zero-order chi connectivity index (χ0) is 71.0. The minimum Gasteiger partial charge on any atom is -0.494 e.